The minimum atomic E-state index is 0.569. The zero-order chi connectivity index (χ0) is 12.1. The number of nitrogens with zero attached hydrogens (tertiary/aromatic N) is 2. The van der Waals surface area contributed by atoms with Crippen molar-refractivity contribution in [1.29, 1.82) is 0 Å². The lowest BCUT2D eigenvalue weighted by Crippen LogP contribution is -2.34. The zero-order valence-electron chi connectivity index (χ0n) is 9.60. The van der Waals surface area contributed by atoms with Crippen LogP contribution in [0.1, 0.15) is 12.8 Å². The minimum Gasteiger partial charge on any atom is -0.292 e. The zero-order valence-corrected chi connectivity index (χ0v) is 11.2. The molecule has 1 aromatic heterocycles. The average molecular weight is 267 g/mol. The molecule has 0 aliphatic carbocycles. The summed E-state index contributed by atoms with van der Waals surface area (Å²) in [6.45, 7) is 2.94. The third-order valence-corrected chi connectivity index (χ3v) is 4.31. The number of likely N-dealkylation sites (tertiary alicyclic amines) is 1. The third-order valence-electron chi connectivity index (χ3n) is 2.83. The van der Waals surface area contributed by atoms with Gasteiger partial charge in [-0.2, -0.15) is 0 Å². The van der Waals surface area contributed by atoms with Gasteiger partial charge in [-0.15, -0.1) is 18.2 Å². The Morgan fingerprint density at radius 3 is 2.88 bits per heavy atom. The number of hydrogen-bond acceptors (Lipinski definition) is 3. The van der Waals surface area contributed by atoms with Gasteiger partial charge in [-0.05, 0) is 25.0 Å². The summed E-state index contributed by atoms with van der Waals surface area (Å²) in [6.07, 6.45) is 7.65. The maximum Gasteiger partial charge on any atom is 0.130 e. The average Bonchev–Trinajstić information content (AvgIpc) is 2.32. The SMILES string of the molecule is C#CCN1CCC(Sc2cccc(Cl)n2)CC1. The van der Waals surface area contributed by atoms with Crippen molar-refractivity contribution < 1.29 is 0 Å². The van der Waals surface area contributed by atoms with E-state index in [9.17, 15) is 0 Å². The van der Waals surface area contributed by atoms with Crippen molar-refractivity contribution in [2.45, 2.75) is 23.1 Å². The topological polar surface area (TPSA) is 16.1 Å². The minimum absolute atomic E-state index is 0.569. The van der Waals surface area contributed by atoms with Crippen molar-refractivity contribution in [2.24, 2.45) is 0 Å². The molecule has 2 heterocycles. The monoisotopic (exact) mass is 266 g/mol. The van der Waals surface area contributed by atoms with Crippen molar-refractivity contribution >= 4 is 23.4 Å². The van der Waals surface area contributed by atoms with Gasteiger partial charge < -0.3 is 0 Å². The molecule has 0 saturated carbocycles. The first-order chi connectivity index (χ1) is 8.28. The standard InChI is InChI=1S/C13H15ClN2S/c1-2-8-16-9-6-11(7-10-16)17-13-5-3-4-12(14)15-13/h1,3-5,11H,6-10H2. The molecule has 0 N–H and O–H groups in total. The van der Waals surface area contributed by atoms with E-state index < -0.39 is 0 Å². The van der Waals surface area contributed by atoms with E-state index in [1.54, 1.807) is 6.07 Å². The Morgan fingerprint density at radius 1 is 1.47 bits per heavy atom. The molecule has 0 atom stereocenters. The van der Waals surface area contributed by atoms with Crippen LogP contribution in [0.5, 0.6) is 0 Å². The van der Waals surface area contributed by atoms with E-state index in [0.29, 0.717) is 10.4 Å². The Kier molecular flexibility index (Phi) is 4.73. The van der Waals surface area contributed by atoms with E-state index in [2.05, 4.69) is 15.8 Å². The van der Waals surface area contributed by atoms with Gasteiger partial charge in [0.25, 0.3) is 0 Å². The molecule has 2 nitrogen and oxygen atoms in total. The summed E-state index contributed by atoms with van der Waals surface area (Å²) < 4.78 is 0. The number of rotatable bonds is 3. The highest BCUT2D eigenvalue weighted by Gasteiger charge is 2.19. The van der Waals surface area contributed by atoms with Gasteiger partial charge in [-0.3, -0.25) is 4.90 Å². The van der Waals surface area contributed by atoms with E-state index in [0.717, 1.165) is 24.7 Å². The molecule has 0 unspecified atom stereocenters. The maximum atomic E-state index is 5.87. The van der Waals surface area contributed by atoms with Gasteiger partial charge in [-0.1, -0.05) is 23.6 Å². The molecule has 1 saturated heterocycles. The van der Waals surface area contributed by atoms with E-state index in [-0.39, 0.29) is 0 Å². The molecule has 1 aliphatic heterocycles. The Labute approximate surface area is 112 Å². The highest BCUT2D eigenvalue weighted by molar-refractivity contribution is 7.99. The smallest absolute Gasteiger partial charge is 0.130 e. The molecular weight excluding hydrogens is 252 g/mol. The van der Waals surface area contributed by atoms with Gasteiger partial charge in [0.05, 0.1) is 11.6 Å². The molecule has 0 spiro atoms. The van der Waals surface area contributed by atoms with Crippen molar-refractivity contribution in [3.63, 3.8) is 0 Å². The van der Waals surface area contributed by atoms with Crippen LogP contribution < -0.4 is 0 Å². The number of terminal acetylenes is 1. The maximum absolute atomic E-state index is 5.87. The number of aromatic nitrogens is 1. The molecular formula is C13H15ClN2S. The van der Waals surface area contributed by atoms with Crippen molar-refractivity contribution in [3.8, 4) is 12.3 Å². The fraction of sp³-hybridized carbons (Fsp3) is 0.462. The molecule has 2 rings (SSSR count). The second-order valence-electron chi connectivity index (χ2n) is 4.10. The molecule has 1 fully saturated rings. The molecule has 0 bridgehead atoms. The summed E-state index contributed by atoms with van der Waals surface area (Å²) in [5.74, 6) is 2.70. The Hall–Kier alpha value is -0.690. The lowest BCUT2D eigenvalue weighted by molar-refractivity contribution is 0.259. The van der Waals surface area contributed by atoms with Crippen LogP contribution in [0.4, 0.5) is 0 Å². The highest BCUT2D eigenvalue weighted by Crippen LogP contribution is 2.29. The molecule has 17 heavy (non-hydrogen) atoms. The van der Waals surface area contributed by atoms with Crippen LogP contribution in [0, 0.1) is 12.3 Å². The highest BCUT2D eigenvalue weighted by atomic mass is 35.5. The molecule has 0 radical (unpaired) electrons. The lowest BCUT2D eigenvalue weighted by Gasteiger charge is -2.29. The third kappa shape index (κ3) is 3.92. The van der Waals surface area contributed by atoms with Gasteiger partial charge in [-0.25, -0.2) is 4.98 Å². The quantitative estimate of drug-likeness (QED) is 0.618. The number of thioether (sulfide) groups is 1. The Bertz CT molecular complexity index is 408. The second-order valence-corrected chi connectivity index (χ2v) is 5.80. The molecule has 1 aliphatic rings. The molecule has 0 amide bonds. The lowest BCUT2D eigenvalue weighted by atomic mass is 10.1. The summed E-state index contributed by atoms with van der Waals surface area (Å²) in [7, 11) is 0. The molecule has 1 aromatic rings. The van der Waals surface area contributed by atoms with E-state index in [1.807, 2.05) is 23.9 Å². The van der Waals surface area contributed by atoms with Crippen LogP contribution in [-0.4, -0.2) is 34.8 Å². The summed E-state index contributed by atoms with van der Waals surface area (Å²) in [4.78, 5) is 6.63. The van der Waals surface area contributed by atoms with E-state index in [4.69, 9.17) is 18.0 Å². The summed E-state index contributed by atoms with van der Waals surface area (Å²) in [5.41, 5.74) is 0. The first-order valence-electron chi connectivity index (χ1n) is 5.73. The van der Waals surface area contributed by atoms with Crippen LogP contribution in [0.15, 0.2) is 23.2 Å². The van der Waals surface area contributed by atoms with Crippen molar-refractivity contribution in [3.05, 3.63) is 23.4 Å². The first kappa shape index (κ1) is 12.8. The van der Waals surface area contributed by atoms with Gasteiger partial charge in [0.2, 0.25) is 0 Å². The largest absolute Gasteiger partial charge is 0.292 e. The normalized spacial score (nSPS) is 17.9. The van der Waals surface area contributed by atoms with E-state index >= 15 is 0 Å². The second kappa shape index (κ2) is 6.30. The van der Waals surface area contributed by atoms with Crippen LogP contribution in [0.3, 0.4) is 0 Å². The summed E-state index contributed by atoms with van der Waals surface area (Å²) >= 11 is 7.70. The Balaban J connectivity index is 1.84. The number of halogens is 1. The molecule has 0 aromatic carbocycles. The van der Waals surface area contributed by atoms with E-state index in [1.165, 1.54) is 12.8 Å². The van der Waals surface area contributed by atoms with Crippen LogP contribution >= 0.6 is 23.4 Å². The fourth-order valence-electron chi connectivity index (χ4n) is 1.94. The van der Waals surface area contributed by atoms with Gasteiger partial charge >= 0.3 is 0 Å². The number of hydrogen-bond donors (Lipinski definition) is 0. The fourth-order valence-corrected chi connectivity index (χ4v) is 3.25. The van der Waals surface area contributed by atoms with Gasteiger partial charge in [0.15, 0.2) is 0 Å². The summed E-state index contributed by atoms with van der Waals surface area (Å²) in [6, 6.07) is 5.77. The number of piperidine rings is 1. The van der Waals surface area contributed by atoms with Crippen molar-refractivity contribution in [2.75, 3.05) is 19.6 Å². The van der Waals surface area contributed by atoms with Crippen molar-refractivity contribution in [1.82, 2.24) is 9.88 Å². The van der Waals surface area contributed by atoms with Crippen LogP contribution in [0.25, 0.3) is 0 Å². The predicted molar refractivity (Wildman–Crippen MR) is 73.4 cm³/mol. The Morgan fingerprint density at radius 2 is 2.24 bits per heavy atom. The summed E-state index contributed by atoms with van der Waals surface area (Å²) in [5, 5.41) is 2.22. The molecule has 4 heteroatoms. The van der Waals surface area contributed by atoms with Gasteiger partial charge in [0.1, 0.15) is 5.15 Å². The van der Waals surface area contributed by atoms with Gasteiger partial charge in [0, 0.05) is 18.3 Å². The first-order valence-corrected chi connectivity index (χ1v) is 6.99. The molecule has 90 valence electrons. The predicted octanol–water partition coefficient (Wildman–Crippen LogP) is 2.92. The van der Waals surface area contributed by atoms with Crippen LogP contribution in [0.2, 0.25) is 5.15 Å². The number of pyridine rings is 1. The van der Waals surface area contributed by atoms with Crippen LogP contribution in [-0.2, 0) is 0 Å².